The molecule has 0 heterocycles. The molecule has 0 aromatic heterocycles. The van der Waals surface area contributed by atoms with Crippen molar-refractivity contribution in [2.45, 2.75) is 26.7 Å². The third-order valence-electron chi connectivity index (χ3n) is 2.61. The number of fused-ring (bicyclic) bond motifs is 2. The molecule has 2 bridgehead atoms. The first-order chi connectivity index (χ1) is 5.59. The summed E-state index contributed by atoms with van der Waals surface area (Å²) in [5.41, 5.74) is 0. The average molecular weight is 168 g/mol. The first-order valence-electron chi connectivity index (χ1n) is 4.47. The molecule has 0 saturated heterocycles. The van der Waals surface area contributed by atoms with Gasteiger partial charge in [0.15, 0.2) is 0 Å². The number of hydrogen-bond donors (Lipinski definition) is 1. The molecule has 2 rings (SSSR count). The lowest BCUT2D eigenvalue weighted by atomic mass is 9.96. The largest absolute Gasteiger partial charge is 0.481 e. The molecule has 2 nitrogen and oxygen atoms in total. The molecule has 68 valence electrons. The van der Waals surface area contributed by atoms with Gasteiger partial charge in [0.05, 0.1) is 0 Å². The Balaban J connectivity index is 0.000000157. The number of rotatable bonds is 0. The lowest BCUT2D eigenvalue weighted by Crippen LogP contribution is -1.99. The fourth-order valence-electron chi connectivity index (χ4n) is 2.06. The van der Waals surface area contributed by atoms with Crippen molar-refractivity contribution in [3.05, 3.63) is 12.2 Å². The molecule has 0 aromatic rings. The van der Waals surface area contributed by atoms with Gasteiger partial charge in [0.2, 0.25) is 0 Å². The second kappa shape index (κ2) is 3.74. The van der Waals surface area contributed by atoms with Gasteiger partial charge in [-0.15, -0.1) is 0 Å². The Bertz CT molecular complexity index is 192. The number of hydrogen-bond acceptors (Lipinski definition) is 1. The van der Waals surface area contributed by atoms with E-state index >= 15 is 0 Å². The molecule has 12 heavy (non-hydrogen) atoms. The summed E-state index contributed by atoms with van der Waals surface area (Å²) in [6.07, 6.45) is 7.71. The lowest BCUT2D eigenvalue weighted by Gasteiger charge is -2.09. The molecule has 3 unspecified atom stereocenters. The maximum atomic E-state index is 9.00. The summed E-state index contributed by atoms with van der Waals surface area (Å²) in [7, 11) is 0. The molecule has 1 saturated carbocycles. The van der Waals surface area contributed by atoms with Gasteiger partial charge in [-0.3, -0.25) is 4.79 Å². The Hall–Kier alpha value is -0.790. The van der Waals surface area contributed by atoms with E-state index in [1.54, 1.807) is 0 Å². The van der Waals surface area contributed by atoms with E-state index in [1.165, 1.54) is 12.8 Å². The van der Waals surface area contributed by atoms with Crippen molar-refractivity contribution in [1.29, 1.82) is 0 Å². The molecule has 2 heteroatoms. The van der Waals surface area contributed by atoms with Crippen LogP contribution in [0.25, 0.3) is 0 Å². The van der Waals surface area contributed by atoms with Crippen LogP contribution in [0.2, 0.25) is 0 Å². The molecule has 2 aliphatic rings. The van der Waals surface area contributed by atoms with Gasteiger partial charge in [-0.1, -0.05) is 19.1 Å². The van der Waals surface area contributed by atoms with Crippen molar-refractivity contribution in [3.8, 4) is 0 Å². The minimum Gasteiger partial charge on any atom is -0.481 e. The number of carbonyl (C=O) groups is 1. The van der Waals surface area contributed by atoms with E-state index in [9.17, 15) is 0 Å². The third kappa shape index (κ3) is 2.36. The number of allylic oxidation sites excluding steroid dienone is 2. The molecule has 2 aliphatic carbocycles. The monoisotopic (exact) mass is 168 g/mol. The second-order valence-electron chi connectivity index (χ2n) is 3.78. The molecule has 0 radical (unpaired) electrons. The SMILES string of the molecule is CC(=O)O.CC1CC2C=CC1C2. The molecular weight excluding hydrogens is 152 g/mol. The summed E-state index contributed by atoms with van der Waals surface area (Å²) in [6.45, 7) is 3.45. The van der Waals surface area contributed by atoms with Gasteiger partial charge in [0, 0.05) is 6.92 Å². The number of carboxylic acids is 1. The fourth-order valence-corrected chi connectivity index (χ4v) is 2.06. The van der Waals surface area contributed by atoms with E-state index in [4.69, 9.17) is 9.90 Å². The van der Waals surface area contributed by atoms with E-state index in [0.29, 0.717) is 0 Å². The van der Waals surface area contributed by atoms with Gasteiger partial charge >= 0.3 is 0 Å². The van der Waals surface area contributed by atoms with Crippen LogP contribution in [-0.2, 0) is 4.79 Å². The predicted octanol–water partition coefficient (Wildman–Crippen LogP) is 2.31. The van der Waals surface area contributed by atoms with E-state index in [0.717, 1.165) is 24.7 Å². The Morgan fingerprint density at radius 1 is 1.42 bits per heavy atom. The molecule has 3 atom stereocenters. The van der Waals surface area contributed by atoms with Gasteiger partial charge in [-0.05, 0) is 30.6 Å². The van der Waals surface area contributed by atoms with Gasteiger partial charge in [0.25, 0.3) is 5.97 Å². The van der Waals surface area contributed by atoms with Crippen LogP contribution in [0.5, 0.6) is 0 Å². The molecular formula is C10H16O2. The van der Waals surface area contributed by atoms with E-state index in [1.807, 2.05) is 0 Å². The van der Waals surface area contributed by atoms with Crippen LogP contribution in [0.15, 0.2) is 12.2 Å². The van der Waals surface area contributed by atoms with Gasteiger partial charge in [-0.2, -0.15) is 0 Å². The molecule has 0 spiro atoms. The van der Waals surface area contributed by atoms with E-state index in [-0.39, 0.29) is 0 Å². The van der Waals surface area contributed by atoms with Crippen molar-refractivity contribution in [3.63, 3.8) is 0 Å². The number of aliphatic carboxylic acids is 1. The quantitative estimate of drug-likeness (QED) is 0.563. The summed E-state index contributed by atoms with van der Waals surface area (Å²) in [5, 5.41) is 7.42. The van der Waals surface area contributed by atoms with Crippen LogP contribution in [0.3, 0.4) is 0 Å². The minimum atomic E-state index is -0.833. The zero-order valence-electron chi connectivity index (χ0n) is 7.66. The highest BCUT2D eigenvalue weighted by Crippen LogP contribution is 2.42. The molecule has 0 aromatic carbocycles. The summed E-state index contributed by atoms with van der Waals surface area (Å²) >= 11 is 0. The summed E-state index contributed by atoms with van der Waals surface area (Å²) in [5.74, 6) is 2.08. The summed E-state index contributed by atoms with van der Waals surface area (Å²) < 4.78 is 0. The van der Waals surface area contributed by atoms with Crippen LogP contribution in [-0.4, -0.2) is 11.1 Å². The first kappa shape index (κ1) is 9.30. The predicted molar refractivity (Wildman–Crippen MR) is 47.8 cm³/mol. The van der Waals surface area contributed by atoms with Crippen molar-refractivity contribution in [1.82, 2.24) is 0 Å². The normalized spacial score (nSPS) is 36.0. The zero-order chi connectivity index (χ0) is 9.14. The Morgan fingerprint density at radius 3 is 2.17 bits per heavy atom. The zero-order valence-corrected chi connectivity index (χ0v) is 7.66. The molecule has 1 fully saturated rings. The fraction of sp³-hybridized carbons (Fsp3) is 0.700. The van der Waals surface area contributed by atoms with Crippen LogP contribution in [0, 0.1) is 17.8 Å². The van der Waals surface area contributed by atoms with Crippen molar-refractivity contribution < 1.29 is 9.90 Å². The Labute approximate surface area is 73.3 Å². The first-order valence-corrected chi connectivity index (χ1v) is 4.47. The summed E-state index contributed by atoms with van der Waals surface area (Å²) in [6, 6.07) is 0. The van der Waals surface area contributed by atoms with Crippen LogP contribution < -0.4 is 0 Å². The molecule has 1 N–H and O–H groups in total. The third-order valence-corrected chi connectivity index (χ3v) is 2.61. The maximum Gasteiger partial charge on any atom is 0.300 e. The van der Waals surface area contributed by atoms with Crippen LogP contribution >= 0.6 is 0 Å². The van der Waals surface area contributed by atoms with Crippen molar-refractivity contribution in [2.75, 3.05) is 0 Å². The highest BCUT2D eigenvalue weighted by Gasteiger charge is 2.32. The van der Waals surface area contributed by atoms with Crippen molar-refractivity contribution >= 4 is 5.97 Å². The van der Waals surface area contributed by atoms with E-state index in [2.05, 4.69) is 19.1 Å². The van der Waals surface area contributed by atoms with E-state index < -0.39 is 5.97 Å². The van der Waals surface area contributed by atoms with Crippen LogP contribution in [0.1, 0.15) is 26.7 Å². The van der Waals surface area contributed by atoms with Gasteiger partial charge in [-0.25, -0.2) is 0 Å². The molecule has 0 amide bonds. The molecule has 0 aliphatic heterocycles. The average Bonchev–Trinajstić information content (AvgIpc) is 2.44. The van der Waals surface area contributed by atoms with Crippen molar-refractivity contribution in [2.24, 2.45) is 17.8 Å². The smallest absolute Gasteiger partial charge is 0.300 e. The Morgan fingerprint density at radius 2 is 2.00 bits per heavy atom. The van der Waals surface area contributed by atoms with Gasteiger partial charge < -0.3 is 5.11 Å². The standard InChI is InChI=1S/C8H12.C2H4O2/c1-6-4-7-2-3-8(6)5-7;1-2(3)4/h2-3,6-8H,4-5H2,1H3;1H3,(H,3,4). The topological polar surface area (TPSA) is 37.3 Å². The van der Waals surface area contributed by atoms with Gasteiger partial charge in [0.1, 0.15) is 0 Å². The highest BCUT2D eigenvalue weighted by atomic mass is 16.4. The van der Waals surface area contributed by atoms with Crippen LogP contribution in [0.4, 0.5) is 0 Å². The summed E-state index contributed by atoms with van der Waals surface area (Å²) in [4.78, 5) is 9.00. The maximum absolute atomic E-state index is 9.00. The second-order valence-corrected chi connectivity index (χ2v) is 3.78. The highest BCUT2D eigenvalue weighted by molar-refractivity contribution is 5.62. The minimum absolute atomic E-state index is 0.833. The Kier molecular flexibility index (Phi) is 2.90. The number of carboxylic acid groups (broad SMARTS) is 1. The lowest BCUT2D eigenvalue weighted by molar-refractivity contribution is -0.134.